The van der Waals surface area contributed by atoms with Crippen LogP contribution in [-0.4, -0.2) is 37.2 Å². The maximum absolute atomic E-state index is 11.9. The summed E-state index contributed by atoms with van der Waals surface area (Å²) in [6.07, 6.45) is -0.00235. The van der Waals surface area contributed by atoms with Crippen molar-refractivity contribution in [2.75, 3.05) is 21.0 Å². The first-order chi connectivity index (χ1) is 12.0. The van der Waals surface area contributed by atoms with Gasteiger partial charge in [-0.3, -0.25) is 4.79 Å². The van der Waals surface area contributed by atoms with Crippen molar-refractivity contribution in [1.29, 1.82) is 0 Å². The lowest BCUT2D eigenvalue weighted by Gasteiger charge is -2.19. The first kappa shape index (κ1) is 16.8. The molecule has 1 unspecified atom stereocenters. The largest absolute Gasteiger partial charge is 0.508 e. The maximum Gasteiger partial charge on any atom is 0.306 e. The van der Waals surface area contributed by atoms with Gasteiger partial charge in [0.1, 0.15) is 5.75 Å². The number of esters is 1. The van der Waals surface area contributed by atoms with Crippen LogP contribution in [0.4, 0.5) is 0 Å². The predicted octanol–water partition coefficient (Wildman–Crippen LogP) is 2.53. The summed E-state index contributed by atoms with van der Waals surface area (Å²) < 4.78 is 20.5. The molecule has 25 heavy (non-hydrogen) atoms. The van der Waals surface area contributed by atoms with Gasteiger partial charge in [-0.25, -0.2) is 0 Å². The molecule has 2 aromatic rings. The number of benzene rings is 2. The van der Waals surface area contributed by atoms with Gasteiger partial charge in [0.25, 0.3) is 0 Å². The van der Waals surface area contributed by atoms with E-state index < -0.39 is 11.9 Å². The van der Waals surface area contributed by atoms with Crippen molar-refractivity contribution in [3.05, 3.63) is 41.5 Å². The lowest BCUT2D eigenvalue weighted by molar-refractivity contribution is -0.140. The van der Waals surface area contributed by atoms with Crippen LogP contribution >= 0.6 is 0 Å². The Bertz CT molecular complexity index is 800. The van der Waals surface area contributed by atoms with Gasteiger partial charge in [-0.05, 0) is 23.8 Å². The smallest absolute Gasteiger partial charge is 0.306 e. The van der Waals surface area contributed by atoms with E-state index >= 15 is 0 Å². The van der Waals surface area contributed by atoms with Crippen molar-refractivity contribution < 1.29 is 34.0 Å². The van der Waals surface area contributed by atoms with Crippen molar-refractivity contribution in [2.24, 2.45) is 0 Å². The molecule has 0 aliphatic carbocycles. The lowest BCUT2D eigenvalue weighted by Crippen LogP contribution is -2.10. The van der Waals surface area contributed by atoms with Crippen LogP contribution in [0.25, 0.3) is 0 Å². The Morgan fingerprint density at radius 3 is 2.52 bits per heavy atom. The van der Waals surface area contributed by atoms with Crippen molar-refractivity contribution in [3.8, 4) is 28.7 Å². The van der Waals surface area contributed by atoms with Crippen LogP contribution in [0.1, 0.15) is 23.5 Å². The number of methoxy groups -OCH3 is 2. The summed E-state index contributed by atoms with van der Waals surface area (Å²) in [6, 6.07) is 7.86. The fourth-order valence-electron chi connectivity index (χ4n) is 2.79. The molecule has 1 aliphatic rings. The number of aromatic hydroxyl groups is 2. The minimum Gasteiger partial charge on any atom is -0.508 e. The Morgan fingerprint density at radius 1 is 1.12 bits per heavy atom. The van der Waals surface area contributed by atoms with Gasteiger partial charge in [0.15, 0.2) is 23.0 Å². The Hall–Kier alpha value is -3.09. The molecule has 0 amide bonds. The van der Waals surface area contributed by atoms with Gasteiger partial charge in [-0.2, -0.15) is 0 Å². The lowest BCUT2D eigenvalue weighted by atomic mass is 9.87. The highest BCUT2D eigenvalue weighted by Crippen LogP contribution is 2.44. The summed E-state index contributed by atoms with van der Waals surface area (Å²) in [5.74, 6) is 0.219. The van der Waals surface area contributed by atoms with Gasteiger partial charge < -0.3 is 29.2 Å². The molecule has 0 saturated heterocycles. The summed E-state index contributed by atoms with van der Waals surface area (Å²) in [6.45, 7) is 0.0763. The number of carbonyl (C=O) groups excluding carboxylic acids is 1. The van der Waals surface area contributed by atoms with Gasteiger partial charge in [0.05, 0.1) is 20.6 Å². The number of phenols is 2. The minimum atomic E-state index is -0.517. The molecule has 2 N–H and O–H groups in total. The van der Waals surface area contributed by atoms with E-state index in [0.717, 1.165) is 0 Å². The zero-order chi connectivity index (χ0) is 18.0. The number of hydrogen-bond acceptors (Lipinski definition) is 7. The molecule has 7 heteroatoms. The fourth-order valence-corrected chi connectivity index (χ4v) is 2.79. The summed E-state index contributed by atoms with van der Waals surface area (Å²) >= 11 is 0. The third-order valence-electron chi connectivity index (χ3n) is 4.10. The zero-order valence-electron chi connectivity index (χ0n) is 13.8. The van der Waals surface area contributed by atoms with Crippen LogP contribution in [-0.2, 0) is 9.53 Å². The second kappa shape index (κ2) is 6.80. The van der Waals surface area contributed by atoms with E-state index in [2.05, 4.69) is 0 Å². The normalized spacial score (nSPS) is 13.4. The third-order valence-corrected chi connectivity index (χ3v) is 4.10. The van der Waals surface area contributed by atoms with Crippen molar-refractivity contribution in [3.63, 3.8) is 0 Å². The standard InChI is InChI=1S/C18H18O7/c1-22-15-5-10(3-4-13(15)19)11(7-18(21)23-2)12-6-16-17(8-14(12)20)25-9-24-16/h3-6,8,11,19-20H,7,9H2,1-2H3. The molecule has 0 aromatic heterocycles. The summed E-state index contributed by atoms with van der Waals surface area (Å²) in [5.41, 5.74) is 1.16. The third kappa shape index (κ3) is 3.26. The average molecular weight is 346 g/mol. The number of rotatable bonds is 5. The Labute approximate surface area is 144 Å². The van der Waals surface area contributed by atoms with Gasteiger partial charge >= 0.3 is 5.97 Å². The molecule has 3 rings (SSSR count). The highest BCUT2D eigenvalue weighted by Gasteiger charge is 2.26. The van der Waals surface area contributed by atoms with Crippen LogP contribution in [0.5, 0.6) is 28.7 Å². The monoisotopic (exact) mass is 346 g/mol. The van der Waals surface area contributed by atoms with E-state index in [1.807, 2.05) is 0 Å². The maximum atomic E-state index is 11.9. The molecule has 1 atom stereocenters. The van der Waals surface area contributed by atoms with E-state index in [9.17, 15) is 15.0 Å². The van der Waals surface area contributed by atoms with E-state index in [0.29, 0.717) is 22.6 Å². The van der Waals surface area contributed by atoms with E-state index in [1.54, 1.807) is 18.2 Å². The molecule has 132 valence electrons. The highest BCUT2D eigenvalue weighted by molar-refractivity contribution is 5.72. The second-order valence-corrected chi connectivity index (χ2v) is 5.53. The number of phenolic OH excluding ortho intramolecular Hbond substituents is 2. The molecule has 2 aromatic carbocycles. The molecule has 1 aliphatic heterocycles. The molecule has 0 fully saturated rings. The van der Waals surface area contributed by atoms with Crippen LogP contribution in [0.15, 0.2) is 30.3 Å². The number of fused-ring (bicyclic) bond motifs is 1. The molecular weight excluding hydrogens is 328 g/mol. The molecule has 7 nitrogen and oxygen atoms in total. The highest BCUT2D eigenvalue weighted by atomic mass is 16.7. The number of hydrogen-bond donors (Lipinski definition) is 2. The second-order valence-electron chi connectivity index (χ2n) is 5.53. The van der Waals surface area contributed by atoms with Gasteiger partial charge in [-0.15, -0.1) is 0 Å². The molecule has 1 heterocycles. The first-order valence-corrected chi connectivity index (χ1v) is 7.59. The number of ether oxygens (including phenoxy) is 4. The zero-order valence-corrected chi connectivity index (χ0v) is 13.8. The summed E-state index contributed by atoms with van der Waals surface area (Å²) in [7, 11) is 2.74. The SMILES string of the molecule is COC(=O)CC(c1ccc(O)c(OC)c1)c1cc2c(cc1O)OCO2. The van der Waals surface area contributed by atoms with Crippen LogP contribution in [0, 0.1) is 0 Å². The van der Waals surface area contributed by atoms with Crippen molar-refractivity contribution in [2.45, 2.75) is 12.3 Å². The average Bonchev–Trinajstić information content (AvgIpc) is 3.06. The Balaban J connectivity index is 2.08. The molecule has 0 spiro atoms. The van der Waals surface area contributed by atoms with E-state index in [4.69, 9.17) is 18.9 Å². The molecule has 0 bridgehead atoms. The topological polar surface area (TPSA) is 94.5 Å². The Kier molecular flexibility index (Phi) is 4.56. The predicted molar refractivity (Wildman–Crippen MR) is 87.4 cm³/mol. The van der Waals surface area contributed by atoms with Crippen LogP contribution in [0.2, 0.25) is 0 Å². The number of carbonyl (C=O) groups is 1. The van der Waals surface area contributed by atoms with Crippen molar-refractivity contribution >= 4 is 5.97 Å². The fraction of sp³-hybridized carbons (Fsp3) is 0.278. The van der Waals surface area contributed by atoms with E-state index in [-0.39, 0.29) is 30.5 Å². The molecular formula is C18H18O7. The van der Waals surface area contributed by atoms with Crippen LogP contribution < -0.4 is 14.2 Å². The summed E-state index contributed by atoms with van der Waals surface area (Å²) in [4.78, 5) is 11.9. The van der Waals surface area contributed by atoms with Crippen LogP contribution in [0.3, 0.4) is 0 Å². The molecule has 0 radical (unpaired) electrons. The van der Waals surface area contributed by atoms with Crippen molar-refractivity contribution in [1.82, 2.24) is 0 Å². The summed E-state index contributed by atoms with van der Waals surface area (Å²) in [5, 5.41) is 20.2. The molecule has 0 saturated carbocycles. The Morgan fingerprint density at radius 2 is 1.84 bits per heavy atom. The first-order valence-electron chi connectivity index (χ1n) is 7.59. The van der Waals surface area contributed by atoms with Gasteiger partial charge in [0, 0.05) is 17.5 Å². The van der Waals surface area contributed by atoms with Gasteiger partial charge in [0.2, 0.25) is 6.79 Å². The van der Waals surface area contributed by atoms with E-state index in [1.165, 1.54) is 26.4 Å². The quantitative estimate of drug-likeness (QED) is 0.803. The van der Waals surface area contributed by atoms with Gasteiger partial charge in [-0.1, -0.05) is 6.07 Å². The minimum absolute atomic E-state index is 0.00235.